The molecule has 3 heterocycles. The van der Waals surface area contributed by atoms with Gasteiger partial charge in [-0.2, -0.15) is 5.10 Å². The number of halogens is 2. The van der Waals surface area contributed by atoms with Crippen molar-refractivity contribution >= 4 is 49.2 Å². The maximum Gasteiger partial charge on any atom is 0.268 e. The molecule has 21 heavy (non-hydrogen) atoms. The topological polar surface area (TPSA) is 82.2 Å². The van der Waals surface area contributed by atoms with Crippen LogP contribution in [0.4, 0.5) is 5.69 Å². The van der Waals surface area contributed by atoms with Crippen LogP contribution in [-0.4, -0.2) is 28.1 Å². The number of nitrogens with zero attached hydrogens (tertiary/aromatic N) is 2. The zero-order valence-electron chi connectivity index (χ0n) is 10.8. The lowest BCUT2D eigenvalue weighted by atomic mass is 10.1. The highest BCUT2D eigenvalue weighted by atomic mass is 79.9. The number of anilines is 1. The van der Waals surface area contributed by atoms with Crippen LogP contribution in [0.15, 0.2) is 38.7 Å². The summed E-state index contributed by atoms with van der Waals surface area (Å²) in [6.07, 6.45) is 4.02. The number of aromatic nitrogens is 2. The molecule has 108 valence electrons. The van der Waals surface area contributed by atoms with Crippen molar-refractivity contribution in [3.8, 4) is 0 Å². The van der Waals surface area contributed by atoms with E-state index in [4.69, 9.17) is 0 Å². The van der Waals surface area contributed by atoms with E-state index in [0.717, 1.165) is 26.0 Å². The average molecular weight is 413 g/mol. The van der Waals surface area contributed by atoms with Gasteiger partial charge in [0.05, 0.1) is 26.7 Å². The van der Waals surface area contributed by atoms with Crippen molar-refractivity contribution in [2.75, 3.05) is 12.0 Å². The summed E-state index contributed by atoms with van der Waals surface area (Å²) < 4.78 is 1.51. The van der Waals surface area contributed by atoms with Gasteiger partial charge < -0.3 is 10.3 Å². The fourth-order valence-electron chi connectivity index (χ4n) is 2.07. The summed E-state index contributed by atoms with van der Waals surface area (Å²) in [5.41, 5.74) is 5.83. The molecule has 3 rings (SSSR count). The summed E-state index contributed by atoms with van der Waals surface area (Å²) in [7, 11) is 0. The normalized spacial score (nSPS) is 16.3. The van der Waals surface area contributed by atoms with Crippen LogP contribution in [-0.2, 0) is 0 Å². The molecule has 6 nitrogen and oxygen atoms in total. The van der Waals surface area contributed by atoms with Gasteiger partial charge in [0.1, 0.15) is 5.69 Å². The van der Waals surface area contributed by atoms with Crippen molar-refractivity contribution in [2.45, 2.75) is 6.42 Å². The van der Waals surface area contributed by atoms with E-state index in [1.165, 1.54) is 0 Å². The van der Waals surface area contributed by atoms with Gasteiger partial charge in [0.15, 0.2) is 0 Å². The number of rotatable bonds is 2. The second-order valence-electron chi connectivity index (χ2n) is 4.42. The SMILES string of the molecule is O=C1NCC/C(=N/Nc2cccnc2)c2c1[nH]c(Br)c2Br. The van der Waals surface area contributed by atoms with E-state index in [1.807, 2.05) is 12.1 Å². The molecule has 1 amide bonds. The zero-order valence-corrected chi connectivity index (χ0v) is 14.0. The van der Waals surface area contributed by atoms with E-state index in [0.29, 0.717) is 18.7 Å². The van der Waals surface area contributed by atoms with E-state index in [1.54, 1.807) is 12.4 Å². The second-order valence-corrected chi connectivity index (χ2v) is 6.01. The Hall–Kier alpha value is -1.67. The number of fused-ring (bicyclic) bond motifs is 1. The number of carbonyl (C=O) groups excluding carboxylic acids is 1. The fraction of sp³-hybridized carbons (Fsp3) is 0.154. The number of hydrogen-bond donors (Lipinski definition) is 3. The van der Waals surface area contributed by atoms with Crippen molar-refractivity contribution in [1.82, 2.24) is 15.3 Å². The zero-order chi connectivity index (χ0) is 14.8. The first-order valence-electron chi connectivity index (χ1n) is 6.25. The smallest absolute Gasteiger partial charge is 0.268 e. The minimum Gasteiger partial charge on any atom is -0.350 e. The summed E-state index contributed by atoms with van der Waals surface area (Å²) in [5, 5.41) is 7.26. The van der Waals surface area contributed by atoms with Crippen molar-refractivity contribution < 1.29 is 4.79 Å². The van der Waals surface area contributed by atoms with Crippen LogP contribution < -0.4 is 10.7 Å². The van der Waals surface area contributed by atoms with Gasteiger partial charge in [0, 0.05) is 24.7 Å². The minimum absolute atomic E-state index is 0.136. The standard InChI is InChI=1S/C13H11Br2N5O/c14-10-9-8(20-19-7-2-1-4-16-6-7)3-5-17-13(21)11(9)18-12(10)15/h1-2,4,6,18-19H,3,5H2,(H,17,21)/b20-8-. The van der Waals surface area contributed by atoms with Gasteiger partial charge in [-0.25, -0.2) is 0 Å². The predicted octanol–water partition coefficient (Wildman–Crippen LogP) is 2.88. The molecule has 1 aliphatic heterocycles. The Morgan fingerprint density at radius 1 is 1.38 bits per heavy atom. The Kier molecular flexibility index (Phi) is 4.07. The number of pyridine rings is 1. The molecular formula is C13H11Br2N5O. The lowest BCUT2D eigenvalue weighted by Gasteiger charge is -2.05. The summed E-state index contributed by atoms with van der Waals surface area (Å²) in [4.78, 5) is 19.1. The first-order chi connectivity index (χ1) is 10.2. The highest BCUT2D eigenvalue weighted by Crippen LogP contribution is 2.31. The number of amides is 1. The molecule has 1 aliphatic rings. The van der Waals surface area contributed by atoms with Crippen LogP contribution in [0, 0.1) is 0 Å². The van der Waals surface area contributed by atoms with Gasteiger partial charge in [-0.15, -0.1) is 0 Å². The molecule has 0 atom stereocenters. The molecule has 0 saturated heterocycles. The maximum absolute atomic E-state index is 12.0. The Labute approximate surface area is 137 Å². The average Bonchev–Trinajstić information content (AvgIpc) is 2.70. The summed E-state index contributed by atoms with van der Waals surface area (Å²) >= 11 is 6.87. The van der Waals surface area contributed by atoms with Crippen LogP contribution in [0.3, 0.4) is 0 Å². The first kappa shape index (κ1) is 14.3. The summed E-state index contributed by atoms with van der Waals surface area (Å²) in [5.74, 6) is -0.136. The third-order valence-corrected chi connectivity index (χ3v) is 4.96. The Morgan fingerprint density at radius 2 is 2.24 bits per heavy atom. The minimum atomic E-state index is -0.136. The van der Waals surface area contributed by atoms with Gasteiger partial charge in [-0.1, -0.05) is 0 Å². The first-order valence-corrected chi connectivity index (χ1v) is 7.83. The Morgan fingerprint density at radius 3 is 3.00 bits per heavy atom. The summed E-state index contributed by atoms with van der Waals surface area (Å²) in [6.45, 7) is 0.541. The molecule has 0 saturated carbocycles. The fourth-order valence-corrected chi connectivity index (χ4v) is 2.99. The molecule has 8 heteroatoms. The Balaban J connectivity index is 1.99. The van der Waals surface area contributed by atoms with Gasteiger partial charge in [0.25, 0.3) is 5.91 Å². The number of carbonyl (C=O) groups is 1. The lowest BCUT2D eigenvalue weighted by Crippen LogP contribution is -2.23. The predicted molar refractivity (Wildman–Crippen MR) is 87.5 cm³/mol. The van der Waals surface area contributed by atoms with Crippen molar-refractivity contribution in [1.29, 1.82) is 0 Å². The van der Waals surface area contributed by atoms with E-state index in [-0.39, 0.29) is 5.91 Å². The quantitative estimate of drug-likeness (QED) is 0.663. The van der Waals surface area contributed by atoms with Crippen LogP contribution in [0.1, 0.15) is 22.5 Å². The molecule has 0 fully saturated rings. The molecular weight excluding hydrogens is 402 g/mol. The van der Waals surface area contributed by atoms with Gasteiger partial charge >= 0.3 is 0 Å². The van der Waals surface area contributed by atoms with Crippen LogP contribution >= 0.6 is 31.9 Å². The molecule has 3 N–H and O–H groups in total. The van der Waals surface area contributed by atoms with Gasteiger partial charge in [-0.3, -0.25) is 15.2 Å². The number of hydrazone groups is 1. The highest BCUT2D eigenvalue weighted by Gasteiger charge is 2.26. The van der Waals surface area contributed by atoms with Crippen molar-refractivity contribution in [3.05, 3.63) is 44.9 Å². The van der Waals surface area contributed by atoms with Crippen LogP contribution in [0.5, 0.6) is 0 Å². The molecule has 0 radical (unpaired) electrons. The number of hydrogen-bond acceptors (Lipinski definition) is 4. The lowest BCUT2D eigenvalue weighted by molar-refractivity contribution is 0.0951. The maximum atomic E-state index is 12.0. The monoisotopic (exact) mass is 411 g/mol. The number of H-pyrrole nitrogens is 1. The van der Waals surface area contributed by atoms with E-state index < -0.39 is 0 Å². The molecule has 0 unspecified atom stereocenters. The van der Waals surface area contributed by atoms with E-state index in [9.17, 15) is 4.79 Å². The molecule has 0 spiro atoms. The third kappa shape index (κ3) is 2.86. The van der Waals surface area contributed by atoms with Crippen LogP contribution in [0.2, 0.25) is 0 Å². The van der Waals surface area contributed by atoms with E-state index in [2.05, 4.69) is 57.7 Å². The second kappa shape index (κ2) is 5.98. The molecule has 0 bridgehead atoms. The Bertz CT molecular complexity index is 711. The molecule has 0 aliphatic carbocycles. The van der Waals surface area contributed by atoms with Crippen molar-refractivity contribution in [2.24, 2.45) is 5.10 Å². The highest BCUT2D eigenvalue weighted by molar-refractivity contribution is 9.13. The largest absolute Gasteiger partial charge is 0.350 e. The number of aromatic amines is 1. The molecule has 2 aromatic heterocycles. The van der Waals surface area contributed by atoms with Gasteiger partial charge in [0.2, 0.25) is 0 Å². The van der Waals surface area contributed by atoms with Gasteiger partial charge in [-0.05, 0) is 44.0 Å². The third-order valence-electron chi connectivity index (χ3n) is 3.04. The molecule has 0 aromatic carbocycles. The van der Waals surface area contributed by atoms with E-state index >= 15 is 0 Å². The summed E-state index contributed by atoms with van der Waals surface area (Å²) in [6, 6.07) is 3.70. The molecule has 2 aromatic rings. The van der Waals surface area contributed by atoms with Crippen molar-refractivity contribution in [3.63, 3.8) is 0 Å². The number of nitrogens with one attached hydrogen (secondary N) is 3. The van der Waals surface area contributed by atoms with Crippen LogP contribution in [0.25, 0.3) is 0 Å².